The molecule has 0 aromatic heterocycles. The standard InChI is InChI=1S/C22H27NO3S/c1-15-6-4-5-7-18(15)20-14-17(9-11-21(24)25)8-10-19(20)22(26)23-16(2)12-13-27-3/h4-8,10,14,16H,9,11-13H2,1-3H3,(H,23,26)(H,24,25). The first-order valence-corrected chi connectivity index (χ1v) is 10.5. The zero-order chi connectivity index (χ0) is 19.8. The van der Waals surface area contributed by atoms with Crippen LogP contribution in [-0.2, 0) is 11.2 Å². The van der Waals surface area contributed by atoms with Gasteiger partial charge in [0.2, 0.25) is 0 Å². The maximum absolute atomic E-state index is 12.9. The normalized spacial score (nSPS) is 11.8. The molecule has 1 amide bonds. The Hall–Kier alpha value is -2.27. The number of aliphatic carboxylic acids is 1. The number of nitrogens with one attached hydrogen (secondary N) is 1. The van der Waals surface area contributed by atoms with Crippen molar-refractivity contribution >= 4 is 23.6 Å². The van der Waals surface area contributed by atoms with E-state index in [-0.39, 0.29) is 18.4 Å². The Bertz CT molecular complexity index is 804. The van der Waals surface area contributed by atoms with Crippen LogP contribution in [0.2, 0.25) is 0 Å². The van der Waals surface area contributed by atoms with E-state index in [9.17, 15) is 9.59 Å². The third-order valence-corrected chi connectivity index (χ3v) is 5.17. The maximum Gasteiger partial charge on any atom is 0.303 e. The molecule has 144 valence electrons. The lowest BCUT2D eigenvalue weighted by atomic mass is 9.92. The minimum absolute atomic E-state index is 0.0739. The summed E-state index contributed by atoms with van der Waals surface area (Å²) in [5.41, 5.74) is 4.47. The van der Waals surface area contributed by atoms with Gasteiger partial charge in [0.1, 0.15) is 0 Å². The second-order valence-corrected chi connectivity index (χ2v) is 7.73. The van der Waals surface area contributed by atoms with E-state index in [0.717, 1.165) is 34.4 Å². The largest absolute Gasteiger partial charge is 0.481 e. The van der Waals surface area contributed by atoms with Gasteiger partial charge in [0.05, 0.1) is 0 Å². The van der Waals surface area contributed by atoms with Crippen LogP contribution in [0.25, 0.3) is 11.1 Å². The van der Waals surface area contributed by atoms with Gasteiger partial charge < -0.3 is 10.4 Å². The van der Waals surface area contributed by atoms with Gasteiger partial charge in [0.25, 0.3) is 5.91 Å². The van der Waals surface area contributed by atoms with Crippen LogP contribution in [0, 0.1) is 6.92 Å². The minimum atomic E-state index is -0.822. The number of carboxylic acid groups (broad SMARTS) is 1. The van der Waals surface area contributed by atoms with Crippen LogP contribution in [0.3, 0.4) is 0 Å². The molecule has 5 heteroatoms. The molecule has 2 aromatic carbocycles. The number of aryl methyl sites for hydroxylation is 2. The number of hydrogen-bond donors (Lipinski definition) is 2. The summed E-state index contributed by atoms with van der Waals surface area (Å²) < 4.78 is 0. The average Bonchev–Trinajstić information content (AvgIpc) is 2.64. The van der Waals surface area contributed by atoms with Crippen molar-refractivity contribution in [2.45, 2.75) is 39.2 Å². The molecule has 0 aliphatic heterocycles. The lowest BCUT2D eigenvalue weighted by Crippen LogP contribution is -2.33. The van der Waals surface area contributed by atoms with Crippen molar-refractivity contribution in [2.24, 2.45) is 0 Å². The summed E-state index contributed by atoms with van der Waals surface area (Å²) in [4.78, 5) is 23.8. The predicted octanol–water partition coefficient (Wildman–Crippen LogP) is 4.55. The number of amides is 1. The highest BCUT2D eigenvalue weighted by Gasteiger charge is 2.17. The summed E-state index contributed by atoms with van der Waals surface area (Å²) in [5, 5.41) is 12.0. The van der Waals surface area contributed by atoms with Crippen molar-refractivity contribution in [1.82, 2.24) is 5.32 Å². The van der Waals surface area contributed by atoms with Crippen LogP contribution in [0.15, 0.2) is 42.5 Å². The Morgan fingerprint density at radius 2 is 1.89 bits per heavy atom. The number of hydrogen-bond acceptors (Lipinski definition) is 3. The van der Waals surface area contributed by atoms with E-state index >= 15 is 0 Å². The molecule has 0 saturated carbocycles. The summed E-state index contributed by atoms with van der Waals surface area (Å²) >= 11 is 1.77. The lowest BCUT2D eigenvalue weighted by molar-refractivity contribution is -0.136. The minimum Gasteiger partial charge on any atom is -0.481 e. The van der Waals surface area contributed by atoms with Gasteiger partial charge in [-0.2, -0.15) is 11.8 Å². The average molecular weight is 386 g/mol. The summed E-state index contributed by atoms with van der Waals surface area (Å²) in [7, 11) is 0. The Kier molecular flexibility index (Phi) is 7.92. The van der Waals surface area contributed by atoms with E-state index < -0.39 is 5.97 Å². The van der Waals surface area contributed by atoms with Gasteiger partial charge in [-0.1, -0.05) is 36.4 Å². The van der Waals surface area contributed by atoms with Crippen LogP contribution in [0.1, 0.15) is 41.3 Å². The number of benzene rings is 2. The second-order valence-electron chi connectivity index (χ2n) is 6.74. The van der Waals surface area contributed by atoms with Crippen LogP contribution >= 0.6 is 11.8 Å². The molecule has 4 nitrogen and oxygen atoms in total. The summed E-state index contributed by atoms with van der Waals surface area (Å²) in [6.07, 6.45) is 3.49. The SMILES string of the molecule is CSCCC(C)NC(=O)c1ccc(CCC(=O)O)cc1-c1ccccc1C. The van der Waals surface area contributed by atoms with E-state index in [2.05, 4.69) is 11.6 Å². The Balaban J connectivity index is 2.36. The van der Waals surface area contributed by atoms with Crippen LogP contribution in [0.5, 0.6) is 0 Å². The molecule has 0 aliphatic carbocycles. The van der Waals surface area contributed by atoms with Crippen molar-refractivity contribution in [1.29, 1.82) is 0 Å². The van der Waals surface area contributed by atoms with Crippen molar-refractivity contribution in [3.05, 3.63) is 59.2 Å². The quantitative estimate of drug-likeness (QED) is 0.664. The van der Waals surface area contributed by atoms with E-state index in [4.69, 9.17) is 5.11 Å². The number of thioether (sulfide) groups is 1. The van der Waals surface area contributed by atoms with Crippen LogP contribution in [0.4, 0.5) is 0 Å². The Morgan fingerprint density at radius 1 is 1.15 bits per heavy atom. The molecule has 0 spiro atoms. The van der Waals surface area contributed by atoms with Crippen molar-refractivity contribution in [2.75, 3.05) is 12.0 Å². The molecule has 2 aromatic rings. The van der Waals surface area contributed by atoms with Gasteiger partial charge in [0.15, 0.2) is 0 Å². The Morgan fingerprint density at radius 3 is 2.56 bits per heavy atom. The monoisotopic (exact) mass is 385 g/mol. The fraction of sp³-hybridized carbons (Fsp3) is 0.364. The third kappa shape index (κ3) is 6.14. The highest BCUT2D eigenvalue weighted by Crippen LogP contribution is 2.28. The summed E-state index contributed by atoms with van der Waals surface area (Å²) in [6, 6.07) is 13.7. The molecule has 0 fully saturated rings. The first-order valence-electron chi connectivity index (χ1n) is 9.13. The van der Waals surface area contributed by atoms with Crippen molar-refractivity contribution in [3.8, 4) is 11.1 Å². The molecule has 1 atom stereocenters. The smallest absolute Gasteiger partial charge is 0.303 e. The molecule has 2 N–H and O–H groups in total. The van der Waals surface area contributed by atoms with E-state index in [1.807, 2.05) is 56.3 Å². The molecule has 1 unspecified atom stereocenters. The third-order valence-electron chi connectivity index (χ3n) is 4.52. The first-order chi connectivity index (χ1) is 12.9. The van der Waals surface area contributed by atoms with Gasteiger partial charge in [-0.3, -0.25) is 9.59 Å². The number of carbonyl (C=O) groups is 2. The van der Waals surface area contributed by atoms with Crippen LogP contribution < -0.4 is 5.32 Å². The van der Waals surface area contributed by atoms with Crippen molar-refractivity contribution in [3.63, 3.8) is 0 Å². The predicted molar refractivity (Wildman–Crippen MR) is 112 cm³/mol. The van der Waals surface area contributed by atoms with Crippen LogP contribution in [-0.4, -0.2) is 35.0 Å². The zero-order valence-electron chi connectivity index (χ0n) is 16.1. The van der Waals surface area contributed by atoms with Gasteiger partial charge in [-0.05, 0) is 67.0 Å². The lowest BCUT2D eigenvalue weighted by Gasteiger charge is -2.17. The van der Waals surface area contributed by atoms with Gasteiger partial charge in [0, 0.05) is 18.0 Å². The highest BCUT2D eigenvalue weighted by molar-refractivity contribution is 7.98. The van der Waals surface area contributed by atoms with Gasteiger partial charge >= 0.3 is 5.97 Å². The Labute approximate surface area is 165 Å². The second kappa shape index (κ2) is 10.2. The topological polar surface area (TPSA) is 66.4 Å². The first kappa shape index (κ1) is 21.0. The molecular formula is C22H27NO3S. The molecule has 0 bridgehead atoms. The number of carboxylic acids is 1. The molecule has 0 radical (unpaired) electrons. The molecule has 0 saturated heterocycles. The molecule has 27 heavy (non-hydrogen) atoms. The number of carbonyl (C=O) groups excluding carboxylic acids is 1. The highest BCUT2D eigenvalue weighted by atomic mass is 32.2. The van der Waals surface area contributed by atoms with Gasteiger partial charge in [-0.25, -0.2) is 0 Å². The summed E-state index contributed by atoms with van der Waals surface area (Å²) in [6.45, 7) is 4.03. The van der Waals surface area contributed by atoms with E-state index in [1.54, 1.807) is 11.8 Å². The maximum atomic E-state index is 12.9. The fourth-order valence-electron chi connectivity index (χ4n) is 2.96. The molecule has 0 heterocycles. The molecule has 0 aliphatic rings. The zero-order valence-corrected chi connectivity index (χ0v) is 16.9. The molecular weight excluding hydrogens is 358 g/mol. The molecule has 2 rings (SSSR count). The van der Waals surface area contributed by atoms with Crippen molar-refractivity contribution < 1.29 is 14.7 Å². The number of rotatable bonds is 9. The van der Waals surface area contributed by atoms with E-state index in [1.165, 1.54) is 0 Å². The van der Waals surface area contributed by atoms with E-state index in [0.29, 0.717) is 12.0 Å². The van der Waals surface area contributed by atoms with Gasteiger partial charge in [-0.15, -0.1) is 0 Å². The summed E-state index contributed by atoms with van der Waals surface area (Å²) in [5.74, 6) is 0.0868. The fourth-order valence-corrected chi connectivity index (χ4v) is 3.55.